The molecule has 20 heavy (non-hydrogen) atoms. The minimum atomic E-state index is -0.197. The summed E-state index contributed by atoms with van der Waals surface area (Å²) in [5.41, 5.74) is 4.29. The number of carbonyl (C=O) groups excluding carboxylic acids is 1. The molecule has 1 fully saturated rings. The summed E-state index contributed by atoms with van der Waals surface area (Å²) in [4.78, 5) is 12.1. The van der Waals surface area contributed by atoms with E-state index >= 15 is 0 Å². The van der Waals surface area contributed by atoms with Gasteiger partial charge in [-0.2, -0.15) is 5.10 Å². The van der Waals surface area contributed by atoms with Crippen molar-refractivity contribution in [3.05, 3.63) is 24.0 Å². The Morgan fingerprint density at radius 3 is 2.95 bits per heavy atom. The van der Waals surface area contributed by atoms with Gasteiger partial charge in [0.2, 0.25) is 0 Å². The van der Waals surface area contributed by atoms with Crippen molar-refractivity contribution < 1.29 is 9.53 Å². The second-order valence-electron chi connectivity index (χ2n) is 5.11. The van der Waals surface area contributed by atoms with Gasteiger partial charge in [-0.15, -0.1) is 0 Å². The maximum atomic E-state index is 12.1. The highest BCUT2D eigenvalue weighted by atomic mass is 16.5. The number of hydrogen-bond acceptors (Lipinski definition) is 4. The lowest BCUT2D eigenvalue weighted by Crippen LogP contribution is -2.27. The number of hydrogen-bond donors (Lipinski definition) is 2. The molecule has 0 bridgehead atoms. The number of carbonyl (C=O) groups is 1. The van der Waals surface area contributed by atoms with Crippen LogP contribution >= 0.6 is 0 Å². The molecule has 2 N–H and O–H groups in total. The standard InChI is InChI=1S/C15H23N3O2/c1-2-20-11-13-10-16-9-5-8-14(17-18-15(13)19)12-6-3-4-7-12/h5,9-10,12,16H,2-4,6-8,11H2,1H3,(H,18,19)/b9-5+,13-10-,17-14+. The largest absolute Gasteiger partial charge is 0.377 e. The Labute approximate surface area is 120 Å². The second-order valence-corrected chi connectivity index (χ2v) is 5.11. The second kappa shape index (κ2) is 7.85. The van der Waals surface area contributed by atoms with Crippen LogP contribution in [-0.2, 0) is 9.53 Å². The summed E-state index contributed by atoms with van der Waals surface area (Å²) in [6, 6.07) is 0. The van der Waals surface area contributed by atoms with E-state index in [2.05, 4.69) is 15.8 Å². The van der Waals surface area contributed by atoms with Crippen LogP contribution in [0.15, 0.2) is 29.2 Å². The van der Waals surface area contributed by atoms with Gasteiger partial charge in [0, 0.05) is 24.9 Å². The first-order valence-electron chi connectivity index (χ1n) is 7.36. The van der Waals surface area contributed by atoms with E-state index in [1.807, 2.05) is 19.2 Å². The maximum absolute atomic E-state index is 12.1. The Morgan fingerprint density at radius 1 is 1.40 bits per heavy atom. The average molecular weight is 277 g/mol. The van der Waals surface area contributed by atoms with Crippen molar-refractivity contribution in [3.63, 3.8) is 0 Å². The van der Waals surface area contributed by atoms with Crippen LogP contribution in [0, 0.1) is 5.92 Å². The van der Waals surface area contributed by atoms with Crippen LogP contribution in [0.5, 0.6) is 0 Å². The predicted octanol–water partition coefficient (Wildman–Crippen LogP) is 2.08. The van der Waals surface area contributed by atoms with Gasteiger partial charge in [0.1, 0.15) is 0 Å². The van der Waals surface area contributed by atoms with Gasteiger partial charge < -0.3 is 10.1 Å². The summed E-state index contributed by atoms with van der Waals surface area (Å²) >= 11 is 0. The normalized spacial score (nSPS) is 27.8. The van der Waals surface area contributed by atoms with Gasteiger partial charge >= 0.3 is 0 Å². The van der Waals surface area contributed by atoms with Crippen LogP contribution in [0.1, 0.15) is 39.0 Å². The van der Waals surface area contributed by atoms with Crippen molar-refractivity contribution in [2.75, 3.05) is 13.2 Å². The van der Waals surface area contributed by atoms with Gasteiger partial charge in [0.25, 0.3) is 5.91 Å². The van der Waals surface area contributed by atoms with E-state index in [-0.39, 0.29) is 12.5 Å². The third kappa shape index (κ3) is 4.20. The number of allylic oxidation sites excluding steroid dienone is 1. The molecule has 0 aromatic rings. The lowest BCUT2D eigenvalue weighted by atomic mass is 9.99. The zero-order chi connectivity index (χ0) is 14.2. The molecule has 1 heterocycles. The monoisotopic (exact) mass is 277 g/mol. The first-order valence-corrected chi connectivity index (χ1v) is 7.36. The zero-order valence-corrected chi connectivity index (χ0v) is 12.0. The highest BCUT2D eigenvalue weighted by Crippen LogP contribution is 2.27. The Kier molecular flexibility index (Phi) is 5.80. The first kappa shape index (κ1) is 14.8. The molecule has 5 nitrogen and oxygen atoms in total. The highest BCUT2D eigenvalue weighted by Gasteiger charge is 2.21. The molecule has 0 aromatic carbocycles. The highest BCUT2D eigenvalue weighted by molar-refractivity contribution is 5.95. The maximum Gasteiger partial charge on any atom is 0.271 e. The van der Waals surface area contributed by atoms with E-state index in [1.54, 1.807) is 6.20 Å². The molecule has 0 saturated heterocycles. The third-order valence-corrected chi connectivity index (χ3v) is 3.68. The molecule has 2 rings (SSSR count). The molecule has 2 aliphatic rings. The molecule has 0 spiro atoms. The van der Waals surface area contributed by atoms with Gasteiger partial charge in [-0.3, -0.25) is 4.79 Å². The van der Waals surface area contributed by atoms with Crippen molar-refractivity contribution in [1.82, 2.24) is 10.7 Å². The van der Waals surface area contributed by atoms with E-state index in [0.29, 0.717) is 18.1 Å². The number of nitrogens with one attached hydrogen (secondary N) is 2. The van der Waals surface area contributed by atoms with Crippen molar-refractivity contribution in [2.24, 2.45) is 11.0 Å². The number of amides is 1. The van der Waals surface area contributed by atoms with Crippen molar-refractivity contribution >= 4 is 11.6 Å². The van der Waals surface area contributed by atoms with E-state index in [4.69, 9.17) is 4.74 Å². The van der Waals surface area contributed by atoms with Crippen molar-refractivity contribution in [2.45, 2.75) is 39.0 Å². The minimum Gasteiger partial charge on any atom is -0.377 e. The summed E-state index contributed by atoms with van der Waals surface area (Å²) in [7, 11) is 0. The van der Waals surface area contributed by atoms with Crippen LogP contribution in [0.3, 0.4) is 0 Å². The summed E-state index contributed by atoms with van der Waals surface area (Å²) in [6.07, 6.45) is 11.2. The van der Waals surface area contributed by atoms with Gasteiger partial charge in [0.05, 0.1) is 12.2 Å². The van der Waals surface area contributed by atoms with E-state index < -0.39 is 0 Å². The molecule has 110 valence electrons. The lowest BCUT2D eigenvalue weighted by molar-refractivity contribution is -0.118. The lowest BCUT2D eigenvalue weighted by Gasteiger charge is -2.14. The van der Waals surface area contributed by atoms with Crippen LogP contribution in [-0.4, -0.2) is 24.8 Å². The Morgan fingerprint density at radius 2 is 2.20 bits per heavy atom. The number of nitrogens with zero attached hydrogens (tertiary/aromatic N) is 1. The first-order chi connectivity index (χ1) is 9.81. The number of ether oxygens (including phenoxy) is 1. The van der Waals surface area contributed by atoms with Gasteiger partial charge in [-0.05, 0) is 31.9 Å². The Bertz CT molecular complexity index is 421. The Balaban J connectivity index is 2.06. The van der Waals surface area contributed by atoms with Gasteiger partial charge in [-0.25, -0.2) is 5.43 Å². The van der Waals surface area contributed by atoms with E-state index in [0.717, 1.165) is 12.1 Å². The number of hydrazone groups is 1. The fraction of sp³-hybridized carbons (Fsp3) is 0.600. The fourth-order valence-corrected chi connectivity index (χ4v) is 2.54. The molecule has 0 unspecified atom stereocenters. The van der Waals surface area contributed by atoms with Crippen LogP contribution in [0.2, 0.25) is 0 Å². The molecule has 0 aromatic heterocycles. The molecular weight excluding hydrogens is 254 g/mol. The molecular formula is C15H23N3O2. The summed E-state index contributed by atoms with van der Waals surface area (Å²) < 4.78 is 5.30. The van der Waals surface area contributed by atoms with E-state index in [9.17, 15) is 4.79 Å². The average Bonchev–Trinajstić information content (AvgIpc) is 2.98. The van der Waals surface area contributed by atoms with Crippen molar-refractivity contribution in [3.8, 4) is 0 Å². The molecule has 0 radical (unpaired) electrons. The molecule has 1 amide bonds. The van der Waals surface area contributed by atoms with Gasteiger partial charge in [0.15, 0.2) is 0 Å². The quantitative estimate of drug-likeness (QED) is 0.827. The summed E-state index contributed by atoms with van der Waals surface area (Å²) in [5, 5.41) is 7.37. The predicted molar refractivity (Wildman–Crippen MR) is 79.0 cm³/mol. The minimum absolute atomic E-state index is 0.197. The summed E-state index contributed by atoms with van der Waals surface area (Å²) in [5.74, 6) is 0.315. The smallest absolute Gasteiger partial charge is 0.271 e. The topological polar surface area (TPSA) is 62.7 Å². The SMILES string of the molecule is CCOC/C1=C/N/C=C/C/C(C2CCCC2)=N\NC1=O. The Hall–Kier alpha value is -1.62. The van der Waals surface area contributed by atoms with Crippen LogP contribution < -0.4 is 10.7 Å². The fourth-order valence-electron chi connectivity index (χ4n) is 2.54. The molecule has 1 saturated carbocycles. The van der Waals surface area contributed by atoms with Crippen LogP contribution in [0.4, 0.5) is 0 Å². The molecule has 1 aliphatic heterocycles. The van der Waals surface area contributed by atoms with Crippen LogP contribution in [0.25, 0.3) is 0 Å². The zero-order valence-electron chi connectivity index (χ0n) is 12.0. The third-order valence-electron chi connectivity index (χ3n) is 3.68. The summed E-state index contributed by atoms with van der Waals surface area (Å²) in [6.45, 7) is 2.77. The molecule has 1 aliphatic carbocycles. The molecule has 0 atom stereocenters. The van der Waals surface area contributed by atoms with Gasteiger partial charge in [-0.1, -0.05) is 18.9 Å². The number of rotatable bonds is 4. The van der Waals surface area contributed by atoms with E-state index in [1.165, 1.54) is 25.7 Å². The molecule has 5 heteroatoms. The van der Waals surface area contributed by atoms with Crippen molar-refractivity contribution in [1.29, 1.82) is 0 Å².